The monoisotopic (exact) mass is 302 g/mol. The van der Waals surface area contributed by atoms with Gasteiger partial charge >= 0.3 is 0 Å². The van der Waals surface area contributed by atoms with Crippen LogP contribution in [0.1, 0.15) is 32.6 Å². The Morgan fingerprint density at radius 2 is 1.90 bits per heavy atom. The van der Waals surface area contributed by atoms with Crippen LogP contribution in [-0.4, -0.2) is 27.6 Å². The minimum atomic E-state index is 0.130. The highest BCUT2D eigenvalue weighted by atomic mass is 32.2. The zero-order valence-electron chi connectivity index (χ0n) is 13.1. The van der Waals surface area contributed by atoms with Crippen LogP contribution in [0.15, 0.2) is 29.2 Å². The molecule has 0 fully saturated rings. The fourth-order valence-corrected chi connectivity index (χ4v) is 3.22. The molecule has 112 valence electrons. The highest BCUT2D eigenvalue weighted by Gasteiger charge is 2.33. The summed E-state index contributed by atoms with van der Waals surface area (Å²) in [5.74, 6) is 2.03. The first-order valence-corrected chi connectivity index (χ1v) is 8.54. The molecule has 1 N–H and O–H groups in total. The number of thioether (sulfide) groups is 1. The van der Waals surface area contributed by atoms with Crippen molar-refractivity contribution in [2.24, 2.45) is 5.41 Å². The van der Waals surface area contributed by atoms with E-state index in [1.165, 1.54) is 4.90 Å². The molecule has 0 saturated heterocycles. The summed E-state index contributed by atoms with van der Waals surface area (Å²) in [5, 5.41) is 12.5. The van der Waals surface area contributed by atoms with Crippen molar-refractivity contribution in [3.05, 3.63) is 30.1 Å². The van der Waals surface area contributed by atoms with Crippen LogP contribution in [0.4, 0.5) is 0 Å². The summed E-state index contributed by atoms with van der Waals surface area (Å²) >= 11 is 1.75. The van der Waals surface area contributed by atoms with Crippen LogP contribution in [0.3, 0.4) is 0 Å². The number of nitrogens with zero attached hydrogens (tertiary/aromatic N) is 3. The summed E-state index contributed by atoms with van der Waals surface area (Å²) < 4.78 is 2.26. The molecule has 0 saturated carbocycles. The van der Waals surface area contributed by atoms with E-state index in [0.29, 0.717) is 0 Å². The lowest BCUT2D eigenvalue weighted by Gasteiger charge is -2.34. The molecule has 2 aromatic rings. The van der Waals surface area contributed by atoms with Crippen molar-refractivity contribution >= 4 is 11.8 Å². The van der Waals surface area contributed by atoms with Gasteiger partial charge in [0.15, 0.2) is 11.6 Å². The van der Waals surface area contributed by atoms with Gasteiger partial charge in [-0.1, -0.05) is 32.9 Å². The van der Waals surface area contributed by atoms with Gasteiger partial charge in [0.05, 0.1) is 6.04 Å². The third kappa shape index (κ3) is 2.72. The van der Waals surface area contributed by atoms with E-state index in [1.54, 1.807) is 11.8 Å². The van der Waals surface area contributed by atoms with Crippen LogP contribution in [0, 0.1) is 5.41 Å². The lowest BCUT2D eigenvalue weighted by molar-refractivity contribution is 0.234. The van der Waals surface area contributed by atoms with E-state index in [0.717, 1.165) is 30.3 Å². The van der Waals surface area contributed by atoms with Crippen molar-refractivity contribution in [2.75, 3.05) is 12.8 Å². The van der Waals surface area contributed by atoms with Crippen molar-refractivity contribution in [3.8, 4) is 11.4 Å². The molecular weight excluding hydrogens is 280 g/mol. The number of rotatable bonds is 2. The first kappa shape index (κ1) is 14.6. The molecule has 1 aliphatic heterocycles. The third-order valence-corrected chi connectivity index (χ3v) is 4.68. The lowest BCUT2D eigenvalue weighted by Crippen LogP contribution is -2.40. The largest absolute Gasteiger partial charge is 0.308 e. The average Bonchev–Trinajstić information content (AvgIpc) is 2.90. The first-order chi connectivity index (χ1) is 10.0. The zero-order chi connectivity index (χ0) is 15.0. The van der Waals surface area contributed by atoms with Gasteiger partial charge < -0.3 is 9.88 Å². The molecule has 4 nitrogen and oxygen atoms in total. The SMILES string of the molecule is CSc1ccc(-c2nnc3n2CCNC3C(C)(C)C)cc1. The molecule has 0 radical (unpaired) electrons. The summed E-state index contributed by atoms with van der Waals surface area (Å²) in [4.78, 5) is 1.27. The third-order valence-electron chi connectivity index (χ3n) is 3.94. The minimum absolute atomic E-state index is 0.130. The predicted molar refractivity (Wildman–Crippen MR) is 87.4 cm³/mol. The Bertz CT molecular complexity index is 625. The first-order valence-electron chi connectivity index (χ1n) is 7.31. The maximum absolute atomic E-state index is 4.47. The van der Waals surface area contributed by atoms with E-state index < -0.39 is 0 Å². The zero-order valence-corrected chi connectivity index (χ0v) is 13.9. The second-order valence-electron chi connectivity index (χ2n) is 6.52. The van der Waals surface area contributed by atoms with E-state index >= 15 is 0 Å². The Balaban J connectivity index is 2.00. The van der Waals surface area contributed by atoms with E-state index in [4.69, 9.17) is 0 Å². The molecule has 0 aliphatic carbocycles. The molecule has 5 heteroatoms. The molecular formula is C16H22N4S. The maximum Gasteiger partial charge on any atom is 0.164 e. The van der Waals surface area contributed by atoms with Crippen LogP contribution < -0.4 is 5.32 Å². The van der Waals surface area contributed by atoms with E-state index in [2.05, 4.69) is 71.4 Å². The van der Waals surface area contributed by atoms with Gasteiger partial charge in [-0.3, -0.25) is 0 Å². The number of aromatic nitrogens is 3. The molecule has 1 aromatic carbocycles. The molecule has 1 aliphatic rings. The fourth-order valence-electron chi connectivity index (χ4n) is 2.81. The van der Waals surface area contributed by atoms with Crippen LogP contribution in [-0.2, 0) is 6.54 Å². The van der Waals surface area contributed by atoms with E-state index in [1.807, 2.05) is 0 Å². The van der Waals surface area contributed by atoms with Gasteiger partial charge in [-0.2, -0.15) is 0 Å². The van der Waals surface area contributed by atoms with Crippen LogP contribution >= 0.6 is 11.8 Å². The molecule has 0 spiro atoms. The van der Waals surface area contributed by atoms with E-state index in [-0.39, 0.29) is 11.5 Å². The van der Waals surface area contributed by atoms with Crippen molar-refractivity contribution in [1.82, 2.24) is 20.1 Å². The molecule has 2 heterocycles. The van der Waals surface area contributed by atoms with Crippen molar-refractivity contribution < 1.29 is 0 Å². The van der Waals surface area contributed by atoms with E-state index in [9.17, 15) is 0 Å². The lowest BCUT2D eigenvalue weighted by atomic mass is 9.85. The molecule has 3 rings (SSSR count). The van der Waals surface area contributed by atoms with Crippen molar-refractivity contribution in [2.45, 2.75) is 38.3 Å². The quantitative estimate of drug-likeness (QED) is 0.864. The van der Waals surface area contributed by atoms with Gasteiger partial charge in [-0.15, -0.1) is 22.0 Å². The van der Waals surface area contributed by atoms with Crippen molar-refractivity contribution in [1.29, 1.82) is 0 Å². The van der Waals surface area contributed by atoms with Crippen LogP contribution in [0.25, 0.3) is 11.4 Å². The second kappa shape index (κ2) is 5.46. The summed E-state index contributed by atoms with van der Waals surface area (Å²) in [6.07, 6.45) is 2.09. The summed E-state index contributed by atoms with van der Waals surface area (Å²) in [6.45, 7) is 8.60. The number of hydrogen-bond donors (Lipinski definition) is 1. The highest BCUT2D eigenvalue weighted by molar-refractivity contribution is 7.98. The topological polar surface area (TPSA) is 42.7 Å². The van der Waals surface area contributed by atoms with Gasteiger partial charge in [0.1, 0.15) is 0 Å². The average molecular weight is 302 g/mol. The predicted octanol–water partition coefficient (Wildman–Crippen LogP) is 3.36. The van der Waals surface area contributed by atoms with Gasteiger partial charge in [0.2, 0.25) is 0 Å². The van der Waals surface area contributed by atoms with Gasteiger partial charge in [-0.25, -0.2) is 0 Å². The Morgan fingerprint density at radius 3 is 2.52 bits per heavy atom. The number of nitrogens with one attached hydrogen (secondary N) is 1. The maximum atomic E-state index is 4.47. The molecule has 21 heavy (non-hydrogen) atoms. The smallest absolute Gasteiger partial charge is 0.164 e. The Morgan fingerprint density at radius 1 is 1.19 bits per heavy atom. The molecule has 0 amide bonds. The van der Waals surface area contributed by atoms with Gasteiger partial charge in [0, 0.05) is 23.5 Å². The van der Waals surface area contributed by atoms with Crippen LogP contribution in [0.5, 0.6) is 0 Å². The van der Waals surface area contributed by atoms with Crippen LogP contribution in [0.2, 0.25) is 0 Å². The Hall–Kier alpha value is -1.33. The highest BCUT2D eigenvalue weighted by Crippen LogP contribution is 2.35. The number of hydrogen-bond acceptors (Lipinski definition) is 4. The molecule has 1 aromatic heterocycles. The molecule has 1 unspecified atom stereocenters. The summed E-state index contributed by atoms with van der Waals surface area (Å²) in [5.41, 5.74) is 1.27. The molecule has 0 bridgehead atoms. The Kier molecular flexibility index (Phi) is 3.80. The van der Waals surface area contributed by atoms with Crippen molar-refractivity contribution in [3.63, 3.8) is 0 Å². The number of fused-ring (bicyclic) bond motifs is 1. The normalized spacial score (nSPS) is 18.6. The standard InChI is InChI=1S/C16H22N4S/c1-16(2,3)13-15-19-18-14(20(15)10-9-17-13)11-5-7-12(21-4)8-6-11/h5-8,13,17H,9-10H2,1-4H3. The second-order valence-corrected chi connectivity index (χ2v) is 7.39. The molecule has 1 atom stereocenters. The minimum Gasteiger partial charge on any atom is -0.308 e. The number of benzene rings is 1. The van der Waals surface area contributed by atoms with Gasteiger partial charge in [0.25, 0.3) is 0 Å². The fraction of sp³-hybridized carbons (Fsp3) is 0.500. The summed E-state index contributed by atoms with van der Waals surface area (Å²) in [6, 6.07) is 8.81. The van der Waals surface area contributed by atoms with Gasteiger partial charge in [-0.05, 0) is 23.8 Å². The Labute approximate surface area is 130 Å². The summed E-state index contributed by atoms with van der Waals surface area (Å²) in [7, 11) is 0.